The molecule has 1 saturated carbocycles. The van der Waals surface area contributed by atoms with Crippen molar-refractivity contribution < 1.29 is 13.2 Å². The van der Waals surface area contributed by atoms with Gasteiger partial charge in [-0.15, -0.1) is 0 Å². The fraction of sp³-hybridized carbons (Fsp3) is 0.444. The van der Waals surface area contributed by atoms with Crippen LogP contribution in [0.5, 0.6) is 5.88 Å². The first kappa shape index (κ1) is 10.2. The van der Waals surface area contributed by atoms with Gasteiger partial charge in [0.1, 0.15) is 0 Å². The summed E-state index contributed by atoms with van der Waals surface area (Å²) >= 11 is 0. The normalized spacial score (nSPS) is 16.1. The van der Waals surface area contributed by atoms with Gasteiger partial charge in [-0.25, -0.2) is 8.42 Å². The van der Waals surface area contributed by atoms with Crippen LogP contribution in [0.4, 0.5) is 5.82 Å². The molecule has 0 spiro atoms. The van der Waals surface area contributed by atoms with E-state index in [1.165, 1.54) is 7.11 Å². The molecule has 81 valence electrons. The number of rotatable bonds is 4. The second-order valence-corrected chi connectivity index (χ2v) is 5.29. The molecule has 1 radical (unpaired) electrons. The Morgan fingerprint density at radius 2 is 2.33 bits per heavy atom. The molecule has 1 aromatic heterocycles. The van der Waals surface area contributed by atoms with Crippen LogP contribution in [0, 0.1) is 6.07 Å². The summed E-state index contributed by atoms with van der Waals surface area (Å²) in [6.45, 7) is 0. The van der Waals surface area contributed by atoms with Crippen molar-refractivity contribution in [2.24, 2.45) is 0 Å². The summed E-state index contributed by atoms with van der Waals surface area (Å²) in [5, 5.41) is -0.265. The van der Waals surface area contributed by atoms with Crippen molar-refractivity contribution in [2.45, 2.75) is 18.1 Å². The van der Waals surface area contributed by atoms with Gasteiger partial charge in [0.2, 0.25) is 15.9 Å². The molecule has 0 aliphatic heterocycles. The first-order valence-electron chi connectivity index (χ1n) is 4.56. The number of sulfonamides is 1. The fourth-order valence-electron chi connectivity index (χ4n) is 1.13. The van der Waals surface area contributed by atoms with Crippen molar-refractivity contribution in [3.8, 4) is 5.88 Å². The zero-order chi connectivity index (χ0) is 10.9. The summed E-state index contributed by atoms with van der Waals surface area (Å²) in [5.74, 6) is 0.545. The Morgan fingerprint density at radius 1 is 1.60 bits per heavy atom. The van der Waals surface area contributed by atoms with Crippen molar-refractivity contribution in [3.05, 3.63) is 18.2 Å². The minimum atomic E-state index is -3.26. The maximum Gasteiger partial charge on any atom is 0.236 e. The Morgan fingerprint density at radius 3 is 2.93 bits per heavy atom. The Labute approximate surface area is 88.5 Å². The Balaban J connectivity index is 2.16. The standard InChI is InChI=1S/C9H11N2O3S/c1-14-9-4-2-3-8(10-9)11-15(12,13)7-5-6-7/h2,4,7H,5-6H2,1H3,(H,10,11). The number of pyridine rings is 1. The van der Waals surface area contributed by atoms with E-state index in [1.807, 2.05) is 0 Å². The van der Waals surface area contributed by atoms with Crippen LogP contribution in [0.1, 0.15) is 12.8 Å². The zero-order valence-electron chi connectivity index (χ0n) is 8.23. The van der Waals surface area contributed by atoms with E-state index in [4.69, 9.17) is 4.74 Å². The molecule has 1 aromatic rings. The lowest BCUT2D eigenvalue weighted by atomic mass is 10.5. The number of nitrogens with one attached hydrogen (secondary N) is 1. The highest BCUT2D eigenvalue weighted by atomic mass is 32.2. The molecule has 2 rings (SSSR count). The fourth-order valence-corrected chi connectivity index (χ4v) is 2.43. The van der Waals surface area contributed by atoms with Crippen LogP contribution in [0.25, 0.3) is 0 Å². The topological polar surface area (TPSA) is 68.3 Å². The summed E-state index contributed by atoms with van der Waals surface area (Å²) in [7, 11) is -1.79. The van der Waals surface area contributed by atoms with Gasteiger partial charge in [-0.05, 0) is 18.9 Å². The highest BCUT2D eigenvalue weighted by Crippen LogP contribution is 2.29. The summed E-state index contributed by atoms with van der Waals surface area (Å²) in [5.41, 5.74) is 0. The monoisotopic (exact) mass is 227 g/mol. The van der Waals surface area contributed by atoms with Gasteiger partial charge in [0.15, 0.2) is 5.82 Å². The van der Waals surface area contributed by atoms with Gasteiger partial charge in [0.25, 0.3) is 0 Å². The van der Waals surface area contributed by atoms with E-state index in [1.54, 1.807) is 12.1 Å². The molecule has 1 N–H and O–H groups in total. The molecule has 0 atom stereocenters. The highest BCUT2D eigenvalue weighted by molar-refractivity contribution is 7.93. The van der Waals surface area contributed by atoms with Gasteiger partial charge in [-0.1, -0.05) is 0 Å². The van der Waals surface area contributed by atoms with E-state index in [0.29, 0.717) is 5.88 Å². The predicted octanol–water partition coefficient (Wildman–Crippen LogP) is 0.794. The molecule has 0 bridgehead atoms. The first-order valence-corrected chi connectivity index (χ1v) is 6.11. The van der Waals surface area contributed by atoms with Crippen LogP contribution in [-0.4, -0.2) is 25.8 Å². The van der Waals surface area contributed by atoms with Gasteiger partial charge in [-0.2, -0.15) is 4.98 Å². The van der Waals surface area contributed by atoms with Crippen LogP contribution in [0.15, 0.2) is 12.1 Å². The smallest absolute Gasteiger partial charge is 0.236 e. The SMILES string of the molecule is COc1cc[c]c(NS(=O)(=O)C2CC2)n1. The summed E-state index contributed by atoms with van der Waals surface area (Å²) in [6.07, 6.45) is 1.44. The summed E-state index contributed by atoms with van der Waals surface area (Å²) in [6, 6.07) is 5.87. The Bertz CT molecular complexity index is 454. The van der Waals surface area contributed by atoms with Gasteiger partial charge >= 0.3 is 0 Å². The third-order valence-electron chi connectivity index (χ3n) is 2.08. The maximum absolute atomic E-state index is 11.5. The third-order valence-corrected chi connectivity index (χ3v) is 3.91. The summed E-state index contributed by atoms with van der Waals surface area (Å²) < 4.78 is 30.4. The predicted molar refractivity (Wildman–Crippen MR) is 55.2 cm³/mol. The van der Waals surface area contributed by atoms with E-state index >= 15 is 0 Å². The van der Waals surface area contributed by atoms with Crippen LogP contribution < -0.4 is 9.46 Å². The average molecular weight is 227 g/mol. The van der Waals surface area contributed by atoms with Crippen molar-refractivity contribution in [1.82, 2.24) is 4.98 Å². The van der Waals surface area contributed by atoms with Crippen molar-refractivity contribution in [3.63, 3.8) is 0 Å². The van der Waals surface area contributed by atoms with Gasteiger partial charge in [0.05, 0.1) is 12.4 Å². The molecule has 1 heterocycles. The van der Waals surface area contributed by atoms with Crippen LogP contribution in [0.2, 0.25) is 0 Å². The highest BCUT2D eigenvalue weighted by Gasteiger charge is 2.35. The molecule has 1 aliphatic rings. The minimum absolute atomic E-state index is 0.182. The number of aromatic nitrogens is 1. The van der Waals surface area contributed by atoms with Crippen LogP contribution in [-0.2, 0) is 10.0 Å². The molecule has 0 saturated heterocycles. The number of ether oxygens (including phenoxy) is 1. The second kappa shape index (κ2) is 3.69. The van der Waals surface area contributed by atoms with E-state index in [2.05, 4.69) is 15.8 Å². The molecule has 1 fully saturated rings. The quantitative estimate of drug-likeness (QED) is 0.825. The molecule has 0 amide bonds. The third kappa shape index (κ3) is 2.38. The van der Waals surface area contributed by atoms with E-state index in [-0.39, 0.29) is 11.1 Å². The molecule has 5 nitrogen and oxygen atoms in total. The second-order valence-electron chi connectivity index (χ2n) is 3.33. The minimum Gasteiger partial charge on any atom is -0.481 e. The van der Waals surface area contributed by atoms with E-state index in [9.17, 15) is 8.42 Å². The first-order chi connectivity index (χ1) is 7.12. The molecule has 1 aliphatic carbocycles. The Kier molecular flexibility index (Phi) is 2.52. The maximum atomic E-state index is 11.5. The molecular weight excluding hydrogens is 216 g/mol. The van der Waals surface area contributed by atoms with Gasteiger partial charge < -0.3 is 4.74 Å². The average Bonchev–Trinajstić information content (AvgIpc) is 3.00. The molecule has 6 heteroatoms. The largest absolute Gasteiger partial charge is 0.481 e. The van der Waals surface area contributed by atoms with Gasteiger partial charge in [0, 0.05) is 12.1 Å². The molecular formula is C9H11N2O3S. The number of hydrogen-bond donors (Lipinski definition) is 1. The van der Waals surface area contributed by atoms with Crippen molar-refractivity contribution in [1.29, 1.82) is 0 Å². The van der Waals surface area contributed by atoms with E-state index < -0.39 is 10.0 Å². The van der Waals surface area contributed by atoms with Crippen molar-refractivity contribution >= 4 is 15.8 Å². The van der Waals surface area contributed by atoms with Crippen LogP contribution in [0.3, 0.4) is 0 Å². The molecule has 15 heavy (non-hydrogen) atoms. The molecule has 0 unspecified atom stereocenters. The lowest BCUT2D eigenvalue weighted by Crippen LogP contribution is -2.18. The zero-order valence-corrected chi connectivity index (χ0v) is 9.04. The lowest BCUT2D eigenvalue weighted by Gasteiger charge is -2.06. The number of methoxy groups -OCH3 is 1. The number of anilines is 1. The van der Waals surface area contributed by atoms with E-state index in [0.717, 1.165) is 12.8 Å². The Hall–Kier alpha value is -1.30. The van der Waals surface area contributed by atoms with Crippen LogP contribution >= 0.6 is 0 Å². The number of hydrogen-bond acceptors (Lipinski definition) is 4. The number of nitrogens with zero attached hydrogens (tertiary/aromatic N) is 1. The van der Waals surface area contributed by atoms with Gasteiger partial charge in [-0.3, -0.25) is 4.72 Å². The molecule has 0 aromatic carbocycles. The summed E-state index contributed by atoms with van der Waals surface area (Å²) in [4.78, 5) is 3.92. The lowest BCUT2D eigenvalue weighted by molar-refractivity contribution is 0.398. The van der Waals surface area contributed by atoms with Crippen molar-refractivity contribution in [2.75, 3.05) is 11.8 Å².